The summed E-state index contributed by atoms with van der Waals surface area (Å²) < 4.78 is 0. The summed E-state index contributed by atoms with van der Waals surface area (Å²) in [6, 6.07) is 18.1. The lowest BCUT2D eigenvalue weighted by Gasteiger charge is -2.29. The number of hydrogen-bond donors (Lipinski definition) is 1. The molecule has 1 fully saturated rings. The molecule has 4 nitrogen and oxygen atoms in total. The average molecular weight is 398 g/mol. The Labute approximate surface area is 173 Å². The molecule has 1 amide bonds. The number of nitrogens with one attached hydrogen (secondary N) is 1. The van der Waals surface area contributed by atoms with Gasteiger partial charge in [0, 0.05) is 36.8 Å². The molecule has 2 aromatic carbocycles. The van der Waals surface area contributed by atoms with Crippen LogP contribution in [0, 0.1) is 0 Å². The number of anilines is 1. The summed E-state index contributed by atoms with van der Waals surface area (Å²) in [5.41, 5.74) is 3.16. The maximum Gasteiger partial charge on any atom is 0.246 e. The molecule has 1 N–H and O–H groups in total. The van der Waals surface area contributed by atoms with Crippen molar-refractivity contribution in [3.05, 3.63) is 65.7 Å². The van der Waals surface area contributed by atoms with Gasteiger partial charge in [-0.1, -0.05) is 56.3 Å². The molecule has 1 heterocycles. The van der Waals surface area contributed by atoms with Crippen molar-refractivity contribution < 1.29 is 4.79 Å². The molecule has 1 atom stereocenters. The van der Waals surface area contributed by atoms with E-state index in [1.807, 2.05) is 54.2 Å². The molecule has 5 heteroatoms. The zero-order chi connectivity index (χ0) is 19.8. The highest BCUT2D eigenvalue weighted by Gasteiger charge is 2.25. The SMILES string of the molecule is CCN(CC)C(C(=O)Nc1cccc(CN2CCSCC2)c1)c1ccccc1. The van der Waals surface area contributed by atoms with Crippen LogP contribution in [0.2, 0.25) is 0 Å². The lowest BCUT2D eigenvalue weighted by atomic mass is 10.0. The molecule has 0 aromatic heterocycles. The van der Waals surface area contributed by atoms with E-state index in [0.29, 0.717) is 0 Å². The van der Waals surface area contributed by atoms with E-state index in [2.05, 4.69) is 41.1 Å². The van der Waals surface area contributed by atoms with Crippen molar-refractivity contribution in [1.29, 1.82) is 0 Å². The molecule has 0 bridgehead atoms. The van der Waals surface area contributed by atoms with Gasteiger partial charge in [0.2, 0.25) is 5.91 Å². The highest BCUT2D eigenvalue weighted by Crippen LogP contribution is 2.23. The quantitative estimate of drug-likeness (QED) is 0.722. The van der Waals surface area contributed by atoms with Crippen LogP contribution in [0.5, 0.6) is 0 Å². The third-order valence-corrected chi connectivity index (χ3v) is 6.19. The second kappa shape index (κ2) is 10.6. The Bertz CT molecular complexity index is 743. The van der Waals surface area contributed by atoms with E-state index in [-0.39, 0.29) is 11.9 Å². The van der Waals surface area contributed by atoms with Gasteiger partial charge in [-0.2, -0.15) is 11.8 Å². The van der Waals surface area contributed by atoms with Gasteiger partial charge in [0.25, 0.3) is 0 Å². The van der Waals surface area contributed by atoms with Gasteiger partial charge in [0.05, 0.1) is 0 Å². The first-order chi connectivity index (χ1) is 13.7. The molecule has 1 saturated heterocycles. The normalized spacial score (nSPS) is 16.1. The van der Waals surface area contributed by atoms with E-state index in [9.17, 15) is 4.79 Å². The summed E-state index contributed by atoms with van der Waals surface area (Å²) >= 11 is 2.03. The van der Waals surface area contributed by atoms with Crippen LogP contribution < -0.4 is 5.32 Å². The van der Waals surface area contributed by atoms with Crippen molar-refractivity contribution in [2.45, 2.75) is 26.4 Å². The van der Waals surface area contributed by atoms with Gasteiger partial charge >= 0.3 is 0 Å². The third-order valence-electron chi connectivity index (χ3n) is 5.25. The molecular weight excluding hydrogens is 366 g/mol. The van der Waals surface area contributed by atoms with Gasteiger partial charge in [-0.05, 0) is 36.3 Å². The van der Waals surface area contributed by atoms with E-state index in [1.165, 1.54) is 17.1 Å². The number of amides is 1. The molecule has 150 valence electrons. The number of rotatable bonds is 8. The molecular formula is C23H31N3OS. The second-order valence-electron chi connectivity index (χ2n) is 7.11. The molecule has 0 aliphatic carbocycles. The first-order valence-electron chi connectivity index (χ1n) is 10.2. The zero-order valence-corrected chi connectivity index (χ0v) is 17.8. The maximum absolute atomic E-state index is 13.2. The molecule has 2 aromatic rings. The van der Waals surface area contributed by atoms with Crippen LogP contribution in [-0.4, -0.2) is 53.4 Å². The maximum atomic E-state index is 13.2. The van der Waals surface area contributed by atoms with Crippen LogP contribution in [0.1, 0.15) is 31.0 Å². The summed E-state index contributed by atoms with van der Waals surface area (Å²) in [4.78, 5) is 17.9. The minimum Gasteiger partial charge on any atom is -0.324 e. The summed E-state index contributed by atoms with van der Waals surface area (Å²) in [6.45, 7) is 9.09. The second-order valence-corrected chi connectivity index (χ2v) is 8.34. The Kier molecular flexibility index (Phi) is 7.95. The number of likely N-dealkylation sites (N-methyl/N-ethyl adjacent to an activating group) is 1. The lowest BCUT2D eigenvalue weighted by molar-refractivity contribution is -0.121. The summed E-state index contributed by atoms with van der Waals surface area (Å²) in [7, 11) is 0. The lowest BCUT2D eigenvalue weighted by Crippen LogP contribution is -2.37. The number of thioether (sulfide) groups is 1. The fraction of sp³-hybridized carbons (Fsp3) is 0.435. The first-order valence-corrected chi connectivity index (χ1v) is 11.4. The van der Waals surface area contributed by atoms with Crippen LogP contribution in [0.15, 0.2) is 54.6 Å². The predicted molar refractivity (Wildman–Crippen MR) is 120 cm³/mol. The molecule has 0 spiro atoms. The van der Waals surface area contributed by atoms with Gasteiger partial charge in [0.1, 0.15) is 6.04 Å². The minimum atomic E-state index is -0.279. The standard InChI is InChI=1S/C23H31N3OS/c1-3-26(4-2)22(20-10-6-5-7-11-20)23(27)24-21-12-8-9-19(17-21)18-25-13-15-28-16-14-25/h5-12,17,22H,3-4,13-16,18H2,1-2H3,(H,24,27). The molecule has 3 rings (SSSR count). The van der Waals surface area contributed by atoms with Crippen molar-refractivity contribution in [3.8, 4) is 0 Å². The zero-order valence-electron chi connectivity index (χ0n) is 16.9. The van der Waals surface area contributed by atoms with Crippen LogP contribution in [0.25, 0.3) is 0 Å². The molecule has 1 aliphatic heterocycles. The van der Waals surface area contributed by atoms with E-state index >= 15 is 0 Å². The Morgan fingerprint density at radius 3 is 2.46 bits per heavy atom. The van der Waals surface area contributed by atoms with Gasteiger partial charge < -0.3 is 5.32 Å². The highest BCUT2D eigenvalue weighted by molar-refractivity contribution is 7.99. The van der Waals surface area contributed by atoms with Crippen molar-refractivity contribution >= 4 is 23.4 Å². The number of nitrogens with zero attached hydrogens (tertiary/aromatic N) is 2. The van der Waals surface area contributed by atoms with Gasteiger partial charge in [-0.25, -0.2) is 0 Å². The van der Waals surface area contributed by atoms with Crippen molar-refractivity contribution in [2.24, 2.45) is 0 Å². The van der Waals surface area contributed by atoms with E-state index in [0.717, 1.165) is 44.0 Å². The van der Waals surface area contributed by atoms with Crippen molar-refractivity contribution in [2.75, 3.05) is 43.0 Å². The largest absolute Gasteiger partial charge is 0.324 e. The predicted octanol–water partition coefficient (Wildman–Crippen LogP) is 4.26. The number of carbonyl (C=O) groups is 1. The van der Waals surface area contributed by atoms with Crippen LogP contribution >= 0.6 is 11.8 Å². The van der Waals surface area contributed by atoms with Crippen molar-refractivity contribution in [1.82, 2.24) is 9.80 Å². The summed E-state index contributed by atoms with van der Waals surface area (Å²) in [6.07, 6.45) is 0. The van der Waals surface area contributed by atoms with Crippen LogP contribution in [-0.2, 0) is 11.3 Å². The fourth-order valence-electron chi connectivity index (χ4n) is 3.73. The number of hydrogen-bond acceptors (Lipinski definition) is 4. The van der Waals surface area contributed by atoms with Crippen LogP contribution in [0.4, 0.5) is 5.69 Å². The van der Waals surface area contributed by atoms with E-state index < -0.39 is 0 Å². The topological polar surface area (TPSA) is 35.6 Å². The molecule has 1 aliphatic rings. The van der Waals surface area contributed by atoms with Gasteiger partial charge in [0.15, 0.2) is 0 Å². The van der Waals surface area contributed by atoms with Gasteiger partial charge in [-0.3, -0.25) is 14.6 Å². The molecule has 0 saturated carbocycles. The smallest absolute Gasteiger partial charge is 0.246 e. The Hall–Kier alpha value is -1.82. The third kappa shape index (κ3) is 5.60. The monoisotopic (exact) mass is 397 g/mol. The molecule has 0 radical (unpaired) electrons. The fourth-order valence-corrected chi connectivity index (χ4v) is 4.71. The Morgan fingerprint density at radius 1 is 1.07 bits per heavy atom. The number of carbonyl (C=O) groups excluding carboxylic acids is 1. The Morgan fingerprint density at radius 2 is 1.79 bits per heavy atom. The first kappa shape index (κ1) is 20.9. The molecule has 28 heavy (non-hydrogen) atoms. The van der Waals surface area contributed by atoms with E-state index in [1.54, 1.807) is 0 Å². The highest BCUT2D eigenvalue weighted by atomic mass is 32.2. The molecule has 1 unspecified atom stereocenters. The Balaban J connectivity index is 1.73. The summed E-state index contributed by atoms with van der Waals surface area (Å²) in [5, 5.41) is 3.16. The van der Waals surface area contributed by atoms with E-state index in [4.69, 9.17) is 0 Å². The average Bonchev–Trinajstić information content (AvgIpc) is 2.73. The van der Waals surface area contributed by atoms with Crippen LogP contribution in [0.3, 0.4) is 0 Å². The number of benzene rings is 2. The van der Waals surface area contributed by atoms with Crippen molar-refractivity contribution in [3.63, 3.8) is 0 Å². The minimum absolute atomic E-state index is 0.0291. The van der Waals surface area contributed by atoms with Gasteiger partial charge in [-0.15, -0.1) is 0 Å². The summed E-state index contributed by atoms with van der Waals surface area (Å²) in [5.74, 6) is 2.44.